The molecule has 0 aliphatic carbocycles. The van der Waals surface area contributed by atoms with Gasteiger partial charge in [-0.3, -0.25) is 14.4 Å². The summed E-state index contributed by atoms with van der Waals surface area (Å²) >= 11 is 0. The van der Waals surface area contributed by atoms with Crippen LogP contribution in [0.3, 0.4) is 0 Å². The van der Waals surface area contributed by atoms with Crippen molar-refractivity contribution in [3.05, 3.63) is 25.3 Å². The molecule has 202 valence electrons. The molecule has 2 bridgehead atoms. The average molecular weight is 504 g/mol. The Morgan fingerprint density at radius 2 is 1.92 bits per heavy atom. The minimum Gasteiger partial charge on any atom is -0.396 e. The third kappa shape index (κ3) is 4.40. The molecular formula is C28H45N3O5. The van der Waals surface area contributed by atoms with E-state index in [1.54, 1.807) is 29.0 Å². The third-order valence-electron chi connectivity index (χ3n) is 8.75. The molecule has 0 saturated carbocycles. The van der Waals surface area contributed by atoms with Crippen LogP contribution in [0.2, 0.25) is 0 Å². The lowest BCUT2D eigenvalue weighted by Crippen LogP contribution is -2.58. The molecule has 3 fully saturated rings. The highest BCUT2D eigenvalue weighted by Crippen LogP contribution is 2.65. The Hall–Kier alpha value is -2.19. The highest BCUT2D eigenvalue weighted by atomic mass is 16.5. The van der Waals surface area contributed by atoms with Crippen molar-refractivity contribution in [2.45, 2.75) is 83.1 Å². The Balaban J connectivity index is 2.10. The van der Waals surface area contributed by atoms with Gasteiger partial charge in [0.15, 0.2) is 0 Å². The number of ether oxygens (including phenoxy) is 1. The van der Waals surface area contributed by atoms with E-state index in [9.17, 15) is 19.5 Å². The number of nitrogens with zero attached hydrogens (tertiary/aromatic N) is 3. The number of likely N-dealkylation sites (tertiary alicyclic amines) is 1. The number of aliphatic hydroxyl groups is 1. The Morgan fingerprint density at radius 1 is 1.25 bits per heavy atom. The highest BCUT2D eigenvalue weighted by Gasteiger charge is 2.80. The van der Waals surface area contributed by atoms with Crippen molar-refractivity contribution in [1.29, 1.82) is 0 Å². The molecule has 8 nitrogen and oxygen atoms in total. The number of amides is 3. The molecule has 3 aliphatic heterocycles. The topological polar surface area (TPSA) is 90.4 Å². The molecular weight excluding hydrogens is 458 g/mol. The molecule has 1 N–H and O–H groups in total. The maximum atomic E-state index is 14.3. The van der Waals surface area contributed by atoms with Crippen LogP contribution in [0.4, 0.5) is 0 Å². The molecule has 3 rings (SSSR count). The summed E-state index contributed by atoms with van der Waals surface area (Å²) in [5.74, 6) is -1.85. The average Bonchev–Trinajstić information content (AvgIpc) is 3.34. The van der Waals surface area contributed by atoms with Crippen molar-refractivity contribution in [1.82, 2.24) is 14.7 Å². The van der Waals surface area contributed by atoms with E-state index < -0.39 is 29.1 Å². The lowest BCUT2D eigenvalue weighted by atomic mass is 9.62. The predicted octanol–water partition coefficient (Wildman–Crippen LogP) is 2.62. The molecule has 3 aliphatic rings. The van der Waals surface area contributed by atoms with Crippen molar-refractivity contribution in [3.63, 3.8) is 0 Å². The van der Waals surface area contributed by atoms with Gasteiger partial charge in [0.2, 0.25) is 17.7 Å². The normalized spacial score (nSPS) is 33.4. The van der Waals surface area contributed by atoms with Crippen LogP contribution < -0.4 is 0 Å². The van der Waals surface area contributed by atoms with Crippen LogP contribution in [0.25, 0.3) is 0 Å². The summed E-state index contributed by atoms with van der Waals surface area (Å²) in [7, 11) is 1.72. The smallest absolute Gasteiger partial charge is 0.248 e. The molecule has 0 radical (unpaired) electrons. The maximum absolute atomic E-state index is 14.3. The first-order valence-electron chi connectivity index (χ1n) is 13.4. The van der Waals surface area contributed by atoms with Gasteiger partial charge in [0, 0.05) is 39.3 Å². The summed E-state index contributed by atoms with van der Waals surface area (Å²) in [5, 5.41) is 9.36. The van der Waals surface area contributed by atoms with Crippen molar-refractivity contribution in [2.24, 2.45) is 17.8 Å². The van der Waals surface area contributed by atoms with Crippen LogP contribution in [-0.2, 0) is 19.1 Å². The monoisotopic (exact) mass is 503 g/mol. The van der Waals surface area contributed by atoms with Gasteiger partial charge >= 0.3 is 0 Å². The van der Waals surface area contributed by atoms with Crippen LogP contribution in [0.1, 0.15) is 59.8 Å². The highest BCUT2D eigenvalue weighted by molar-refractivity contribution is 5.99. The zero-order valence-electron chi connectivity index (χ0n) is 22.7. The van der Waals surface area contributed by atoms with E-state index >= 15 is 0 Å². The molecule has 36 heavy (non-hydrogen) atoms. The van der Waals surface area contributed by atoms with E-state index in [4.69, 9.17) is 4.74 Å². The van der Waals surface area contributed by atoms with Gasteiger partial charge in [-0.2, -0.15) is 0 Å². The van der Waals surface area contributed by atoms with E-state index in [1.165, 1.54) is 0 Å². The lowest BCUT2D eigenvalue weighted by molar-refractivity contribution is -0.155. The second-order valence-electron chi connectivity index (χ2n) is 11.1. The molecule has 3 heterocycles. The zero-order chi connectivity index (χ0) is 26.8. The fourth-order valence-corrected chi connectivity index (χ4v) is 6.91. The summed E-state index contributed by atoms with van der Waals surface area (Å²) in [6, 6.07) is -0.826. The SMILES string of the molecule is C=CCN(C)C(=O)[C@H]1[C@H]2C(=O)N(CCCCO)C(C(=O)N(CC=C)C(C)CCC)C23CC(C)[C@]1(C)O3. The fourth-order valence-electron chi connectivity index (χ4n) is 6.91. The van der Waals surface area contributed by atoms with E-state index in [-0.39, 0.29) is 36.3 Å². The first kappa shape index (κ1) is 28.4. The van der Waals surface area contributed by atoms with E-state index in [1.807, 2.05) is 18.7 Å². The Bertz CT molecular complexity index is 877. The van der Waals surface area contributed by atoms with Gasteiger partial charge in [-0.15, -0.1) is 13.2 Å². The van der Waals surface area contributed by atoms with E-state index in [0.29, 0.717) is 38.9 Å². The van der Waals surface area contributed by atoms with Gasteiger partial charge in [0.25, 0.3) is 0 Å². The number of hydrogen-bond donors (Lipinski definition) is 1. The summed E-state index contributed by atoms with van der Waals surface area (Å²) in [6.07, 6.45) is 6.80. The van der Waals surface area contributed by atoms with Crippen LogP contribution in [0.5, 0.6) is 0 Å². The second-order valence-corrected chi connectivity index (χ2v) is 11.1. The molecule has 1 spiro atoms. The molecule has 7 atom stereocenters. The maximum Gasteiger partial charge on any atom is 0.248 e. The summed E-state index contributed by atoms with van der Waals surface area (Å²) < 4.78 is 6.80. The Morgan fingerprint density at radius 3 is 2.50 bits per heavy atom. The lowest BCUT2D eigenvalue weighted by Gasteiger charge is -2.39. The minimum atomic E-state index is -1.05. The molecule has 3 saturated heterocycles. The summed E-state index contributed by atoms with van der Waals surface area (Å²) in [5.41, 5.74) is -1.89. The van der Waals surface area contributed by atoms with Gasteiger partial charge in [-0.05, 0) is 45.4 Å². The van der Waals surface area contributed by atoms with Crippen LogP contribution >= 0.6 is 0 Å². The first-order valence-corrected chi connectivity index (χ1v) is 13.4. The number of carbonyl (C=O) groups is 3. The van der Waals surface area contributed by atoms with Crippen LogP contribution in [0, 0.1) is 17.8 Å². The van der Waals surface area contributed by atoms with E-state index in [2.05, 4.69) is 27.0 Å². The third-order valence-corrected chi connectivity index (χ3v) is 8.75. The molecule has 4 unspecified atom stereocenters. The van der Waals surface area contributed by atoms with Gasteiger partial charge in [0.1, 0.15) is 11.6 Å². The van der Waals surface area contributed by atoms with Crippen LogP contribution in [-0.4, -0.2) is 94.1 Å². The Labute approximate surface area is 216 Å². The van der Waals surface area contributed by atoms with Gasteiger partial charge < -0.3 is 24.5 Å². The first-order chi connectivity index (χ1) is 17.0. The number of unbranched alkanes of at least 4 members (excludes halogenated alkanes) is 1. The number of fused-ring (bicyclic) bond motifs is 1. The molecule has 0 aromatic rings. The number of carbonyl (C=O) groups excluding carboxylic acids is 3. The van der Waals surface area contributed by atoms with Gasteiger partial charge in [-0.1, -0.05) is 32.4 Å². The quantitative estimate of drug-likeness (QED) is 0.308. The molecule has 8 heteroatoms. The second kappa shape index (κ2) is 11.1. The van der Waals surface area contributed by atoms with Gasteiger partial charge in [0.05, 0.1) is 17.4 Å². The number of rotatable bonds is 13. The van der Waals surface area contributed by atoms with Crippen molar-refractivity contribution >= 4 is 17.7 Å². The molecule has 3 amide bonds. The van der Waals surface area contributed by atoms with Crippen molar-refractivity contribution < 1.29 is 24.2 Å². The molecule has 0 aromatic heterocycles. The van der Waals surface area contributed by atoms with Crippen molar-refractivity contribution in [2.75, 3.05) is 33.3 Å². The summed E-state index contributed by atoms with van der Waals surface area (Å²) in [4.78, 5) is 47.2. The van der Waals surface area contributed by atoms with Crippen molar-refractivity contribution in [3.8, 4) is 0 Å². The van der Waals surface area contributed by atoms with Crippen LogP contribution in [0.15, 0.2) is 25.3 Å². The summed E-state index contributed by atoms with van der Waals surface area (Å²) in [6.45, 7) is 16.8. The number of likely N-dealkylation sites (N-methyl/N-ethyl adjacent to an activating group) is 1. The Kier molecular flexibility index (Phi) is 8.71. The minimum absolute atomic E-state index is 0.00115. The fraction of sp³-hybridized carbons (Fsp3) is 0.750. The standard InChI is InChI=1S/C28H45N3O5/c1-8-13-20(5)30(15-10-3)26(35)23-28-18-19(4)27(6,36-28)21(24(33)29(7)14-9-2)22(28)25(34)31(23)16-11-12-17-32/h9-10,19-23,32H,2-3,8,11-18H2,1,4-7H3/t19?,20?,21-,22+,23?,27+,28?/m1/s1. The van der Waals surface area contributed by atoms with E-state index in [0.717, 1.165) is 12.8 Å². The predicted molar refractivity (Wildman–Crippen MR) is 139 cm³/mol. The van der Waals surface area contributed by atoms with Gasteiger partial charge in [-0.25, -0.2) is 0 Å². The number of aliphatic hydroxyl groups excluding tert-OH is 1. The number of hydrogen-bond acceptors (Lipinski definition) is 5. The largest absolute Gasteiger partial charge is 0.396 e. The molecule has 0 aromatic carbocycles. The zero-order valence-corrected chi connectivity index (χ0v) is 22.7.